The van der Waals surface area contributed by atoms with Crippen LogP contribution in [0.1, 0.15) is 26.2 Å². The van der Waals surface area contributed by atoms with E-state index in [1.54, 1.807) is 0 Å². The number of aromatic nitrogens is 3. The molecular formula is C11H18N4O2S. The molecule has 0 spiro atoms. The van der Waals surface area contributed by atoms with Crippen molar-refractivity contribution in [2.45, 2.75) is 37.9 Å². The first-order chi connectivity index (χ1) is 8.72. The van der Waals surface area contributed by atoms with E-state index in [2.05, 4.69) is 15.1 Å². The highest BCUT2D eigenvalue weighted by molar-refractivity contribution is 7.99. The van der Waals surface area contributed by atoms with E-state index >= 15 is 0 Å². The Morgan fingerprint density at radius 1 is 1.33 bits per heavy atom. The number of thioether (sulfide) groups is 1. The zero-order chi connectivity index (χ0) is 13.0. The minimum absolute atomic E-state index is 0.0259. The van der Waals surface area contributed by atoms with Gasteiger partial charge in [0.15, 0.2) is 5.16 Å². The van der Waals surface area contributed by atoms with Crippen molar-refractivity contribution in [1.82, 2.24) is 14.8 Å². The van der Waals surface area contributed by atoms with Crippen LogP contribution in [0.15, 0.2) is 5.16 Å². The van der Waals surface area contributed by atoms with Gasteiger partial charge in [-0.25, -0.2) is 0 Å². The van der Waals surface area contributed by atoms with Crippen LogP contribution in [0.3, 0.4) is 0 Å². The van der Waals surface area contributed by atoms with Gasteiger partial charge in [0.25, 0.3) is 0 Å². The predicted molar refractivity (Wildman–Crippen MR) is 70.1 cm³/mol. The van der Waals surface area contributed by atoms with Crippen molar-refractivity contribution < 1.29 is 9.90 Å². The number of carbonyl (C=O) groups is 1. The van der Waals surface area contributed by atoms with Crippen LogP contribution in [-0.2, 0) is 11.3 Å². The third kappa shape index (κ3) is 2.95. The molecule has 2 heterocycles. The van der Waals surface area contributed by atoms with E-state index in [1.807, 2.05) is 11.5 Å². The minimum atomic E-state index is -0.829. The Hall–Kier alpha value is -1.24. The van der Waals surface area contributed by atoms with Crippen molar-refractivity contribution in [3.8, 4) is 0 Å². The van der Waals surface area contributed by atoms with E-state index in [0.29, 0.717) is 5.16 Å². The fourth-order valence-corrected chi connectivity index (χ4v) is 2.84. The first kappa shape index (κ1) is 13.2. The molecule has 1 aromatic heterocycles. The van der Waals surface area contributed by atoms with E-state index in [-0.39, 0.29) is 5.75 Å². The molecule has 1 fully saturated rings. The van der Waals surface area contributed by atoms with E-state index in [4.69, 9.17) is 5.11 Å². The fourth-order valence-electron chi connectivity index (χ4n) is 2.12. The molecule has 1 saturated heterocycles. The van der Waals surface area contributed by atoms with E-state index < -0.39 is 5.97 Å². The van der Waals surface area contributed by atoms with Crippen molar-refractivity contribution >= 4 is 23.7 Å². The van der Waals surface area contributed by atoms with Gasteiger partial charge in [0.2, 0.25) is 5.95 Å². The van der Waals surface area contributed by atoms with Crippen LogP contribution in [0, 0.1) is 0 Å². The van der Waals surface area contributed by atoms with Crippen LogP contribution >= 0.6 is 11.8 Å². The Bertz CT molecular complexity index is 415. The summed E-state index contributed by atoms with van der Waals surface area (Å²) in [4.78, 5) is 12.8. The van der Waals surface area contributed by atoms with E-state index in [1.165, 1.54) is 31.0 Å². The molecule has 1 aliphatic rings. The summed E-state index contributed by atoms with van der Waals surface area (Å²) < 4.78 is 2.00. The molecule has 1 aliphatic heterocycles. The molecule has 100 valence electrons. The fraction of sp³-hybridized carbons (Fsp3) is 0.727. The molecule has 0 unspecified atom stereocenters. The topological polar surface area (TPSA) is 71.2 Å². The Morgan fingerprint density at radius 3 is 2.67 bits per heavy atom. The van der Waals surface area contributed by atoms with Gasteiger partial charge in [-0.15, -0.1) is 10.2 Å². The molecule has 0 radical (unpaired) electrons. The van der Waals surface area contributed by atoms with E-state index in [9.17, 15) is 4.79 Å². The van der Waals surface area contributed by atoms with Crippen molar-refractivity contribution in [2.75, 3.05) is 23.7 Å². The average molecular weight is 270 g/mol. The minimum Gasteiger partial charge on any atom is -0.481 e. The summed E-state index contributed by atoms with van der Waals surface area (Å²) in [5, 5.41) is 17.7. The number of nitrogens with zero attached hydrogens (tertiary/aromatic N) is 4. The van der Waals surface area contributed by atoms with Crippen molar-refractivity contribution in [1.29, 1.82) is 0 Å². The molecule has 1 N–H and O–H groups in total. The molecule has 0 atom stereocenters. The maximum absolute atomic E-state index is 10.6. The molecule has 0 amide bonds. The highest BCUT2D eigenvalue weighted by Gasteiger charge is 2.19. The van der Waals surface area contributed by atoms with Crippen LogP contribution < -0.4 is 4.90 Å². The molecule has 0 saturated carbocycles. The van der Waals surface area contributed by atoms with Crippen molar-refractivity contribution in [3.05, 3.63) is 0 Å². The summed E-state index contributed by atoms with van der Waals surface area (Å²) in [5.74, 6) is 0.0771. The quantitative estimate of drug-likeness (QED) is 0.817. The number of aliphatic carboxylic acids is 1. The second-order valence-electron chi connectivity index (χ2n) is 4.26. The molecule has 0 aliphatic carbocycles. The van der Waals surface area contributed by atoms with Gasteiger partial charge < -0.3 is 10.0 Å². The normalized spacial score (nSPS) is 15.9. The highest BCUT2D eigenvalue weighted by Crippen LogP contribution is 2.23. The number of carboxylic acids is 1. The molecule has 0 bridgehead atoms. The smallest absolute Gasteiger partial charge is 0.313 e. The van der Waals surface area contributed by atoms with Gasteiger partial charge in [-0.3, -0.25) is 9.36 Å². The lowest BCUT2D eigenvalue weighted by Gasteiger charge is -2.27. The molecule has 18 heavy (non-hydrogen) atoms. The summed E-state index contributed by atoms with van der Waals surface area (Å²) >= 11 is 1.23. The lowest BCUT2D eigenvalue weighted by atomic mass is 10.1. The molecular weight excluding hydrogens is 252 g/mol. The van der Waals surface area contributed by atoms with Gasteiger partial charge in [0.1, 0.15) is 0 Å². The number of hydrogen-bond acceptors (Lipinski definition) is 5. The van der Waals surface area contributed by atoms with Crippen LogP contribution in [-0.4, -0.2) is 44.7 Å². The van der Waals surface area contributed by atoms with Gasteiger partial charge in [-0.1, -0.05) is 11.8 Å². The van der Waals surface area contributed by atoms with Crippen LogP contribution in [0.2, 0.25) is 0 Å². The SMILES string of the molecule is CCn1c(SCC(=O)O)nnc1N1CCCCC1. The van der Waals surface area contributed by atoms with Gasteiger partial charge in [0.05, 0.1) is 5.75 Å². The number of anilines is 1. The van der Waals surface area contributed by atoms with Crippen molar-refractivity contribution in [2.24, 2.45) is 0 Å². The van der Waals surface area contributed by atoms with Crippen LogP contribution in [0.5, 0.6) is 0 Å². The largest absolute Gasteiger partial charge is 0.481 e. The molecule has 1 aromatic rings. The maximum Gasteiger partial charge on any atom is 0.313 e. The monoisotopic (exact) mass is 270 g/mol. The highest BCUT2D eigenvalue weighted by atomic mass is 32.2. The van der Waals surface area contributed by atoms with E-state index in [0.717, 1.165) is 25.6 Å². The third-order valence-electron chi connectivity index (χ3n) is 2.98. The zero-order valence-corrected chi connectivity index (χ0v) is 11.3. The number of hydrogen-bond donors (Lipinski definition) is 1. The first-order valence-electron chi connectivity index (χ1n) is 6.25. The summed E-state index contributed by atoms with van der Waals surface area (Å²) in [6.45, 7) is 4.83. The zero-order valence-electron chi connectivity index (χ0n) is 10.5. The number of rotatable bonds is 5. The van der Waals surface area contributed by atoms with Gasteiger partial charge in [0, 0.05) is 19.6 Å². The molecule has 2 rings (SSSR count). The summed E-state index contributed by atoms with van der Waals surface area (Å²) in [6, 6.07) is 0. The number of carboxylic acid groups (broad SMARTS) is 1. The van der Waals surface area contributed by atoms with Crippen LogP contribution in [0.4, 0.5) is 5.95 Å². The second kappa shape index (κ2) is 6.08. The molecule has 7 heteroatoms. The van der Waals surface area contributed by atoms with Crippen molar-refractivity contribution in [3.63, 3.8) is 0 Å². The maximum atomic E-state index is 10.6. The summed E-state index contributed by atoms with van der Waals surface area (Å²) in [7, 11) is 0. The lowest BCUT2D eigenvalue weighted by Crippen LogP contribution is -2.31. The Kier molecular flexibility index (Phi) is 4.46. The molecule has 0 aromatic carbocycles. The van der Waals surface area contributed by atoms with Gasteiger partial charge >= 0.3 is 5.97 Å². The Balaban J connectivity index is 2.12. The Labute approximate surface area is 110 Å². The first-order valence-corrected chi connectivity index (χ1v) is 7.23. The third-order valence-corrected chi connectivity index (χ3v) is 3.93. The summed E-state index contributed by atoms with van der Waals surface area (Å²) in [6.07, 6.45) is 3.65. The van der Waals surface area contributed by atoms with Gasteiger partial charge in [-0.05, 0) is 26.2 Å². The molecule has 6 nitrogen and oxygen atoms in total. The summed E-state index contributed by atoms with van der Waals surface area (Å²) in [5.41, 5.74) is 0. The van der Waals surface area contributed by atoms with Crippen LogP contribution in [0.25, 0.3) is 0 Å². The van der Waals surface area contributed by atoms with Gasteiger partial charge in [-0.2, -0.15) is 0 Å². The average Bonchev–Trinajstić information content (AvgIpc) is 2.80. The lowest BCUT2D eigenvalue weighted by molar-refractivity contribution is -0.133. The Morgan fingerprint density at radius 2 is 2.06 bits per heavy atom. The predicted octanol–water partition coefficient (Wildman–Crippen LogP) is 1.46. The second-order valence-corrected chi connectivity index (χ2v) is 5.20. The standard InChI is InChI=1S/C11H18N4O2S/c1-2-15-10(14-6-4-3-5-7-14)12-13-11(15)18-8-9(16)17/h2-8H2,1H3,(H,16,17). The number of piperidine rings is 1.